The maximum Gasteiger partial charge on any atom is 0.237 e. The number of thioether (sulfide) groups is 1. The molecule has 31 heavy (non-hydrogen) atoms. The van der Waals surface area contributed by atoms with Gasteiger partial charge in [0.15, 0.2) is 5.16 Å². The number of fused-ring (bicyclic) bond motifs is 2. The molecule has 0 bridgehead atoms. The molecule has 3 aromatic carbocycles. The fourth-order valence-corrected chi connectivity index (χ4v) is 5.11. The van der Waals surface area contributed by atoms with Crippen LogP contribution in [-0.4, -0.2) is 34.4 Å². The van der Waals surface area contributed by atoms with E-state index in [-0.39, 0.29) is 11.9 Å². The molecule has 0 fully saturated rings. The fraction of sp³-hybridized carbons (Fsp3) is 0.200. The smallest absolute Gasteiger partial charge is 0.237 e. The van der Waals surface area contributed by atoms with Crippen molar-refractivity contribution in [2.24, 2.45) is 0 Å². The lowest BCUT2D eigenvalue weighted by Crippen LogP contribution is -2.37. The van der Waals surface area contributed by atoms with E-state index in [9.17, 15) is 4.79 Å². The first-order valence-electron chi connectivity index (χ1n) is 10.3. The highest BCUT2D eigenvalue weighted by Gasteiger charge is 2.30. The number of hydrogen-bond acceptors (Lipinski definition) is 4. The van der Waals surface area contributed by atoms with Gasteiger partial charge in [0.1, 0.15) is 5.75 Å². The lowest BCUT2D eigenvalue weighted by atomic mass is 10.1. The molecule has 0 aliphatic carbocycles. The molecule has 5 nitrogen and oxygen atoms in total. The van der Waals surface area contributed by atoms with Crippen LogP contribution in [0.25, 0.3) is 16.7 Å². The van der Waals surface area contributed by atoms with E-state index in [0.717, 1.165) is 39.7 Å². The van der Waals surface area contributed by atoms with Crippen molar-refractivity contribution < 1.29 is 9.53 Å². The van der Waals surface area contributed by atoms with Gasteiger partial charge in [-0.25, -0.2) is 4.98 Å². The van der Waals surface area contributed by atoms with E-state index in [0.29, 0.717) is 5.75 Å². The molecule has 1 atom stereocenters. The number of para-hydroxylation sites is 3. The van der Waals surface area contributed by atoms with E-state index < -0.39 is 0 Å². The Balaban J connectivity index is 1.45. The van der Waals surface area contributed by atoms with Crippen LogP contribution in [0, 0.1) is 0 Å². The van der Waals surface area contributed by atoms with Gasteiger partial charge in [-0.15, -0.1) is 0 Å². The Labute approximate surface area is 185 Å². The Kier molecular flexibility index (Phi) is 5.16. The summed E-state index contributed by atoms with van der Waals surface area (Å²) < 4.78 is 7.40. The van der Waals surface area contributed by atoms with Gasteiger partial charge in [0.25, 0.3) is 0 Å². The van der Waals surface area contributed by atoms with Gasteiger partial charge in [0.05, 0.1) is 23.9 Å². The number of methoxy groups -OCH3 is 1. The molecule has 4 aromatic rings. The molecule has 6 heteroatoms. The number of hydrogen-bond donors (Lipinski definition) is 0. The summed E-state index contributed by atoms with van der Waals surface area (Å²) >= 11 is 1.48. The van der Waals surface area contributed by atoms with Crippen molar-refractivity contribution in [1.29, 1.82) is 0 Å². The Hall–Kier alpha value is -3.25. The molecule has 5 rings (SSSR count). The standard InChI is InChI=1S/C25H23N3O2S/c1-17-15-18-7-3-5-9-22(18)27(17)24(29)16-31-25-26-21-8-4-6-10-23(21)28(25)19-11-13-20(30-2)14-12-19/h3-14,17H,15-16H2,1-2H3/t17-/m1/s1. The van der Waals surface area contributed by atoms with Crippen LogP contribution in [0.2, 0.25) is 0 Å². The zero-order valence-electron chi connectivity index (χ0n) is 17.5. The molecular weight excluding hydrogens is 406 g/mol. The first-order valence-corrected chi connectivity index (χ1v) is 11.3. The highest BCUT2D eigenvalue weighted by Crippen LogP contribution is 2.34. The van der Waals surface area contributed by atoms with E-state index in [2.05, 4.69) is 23.6 Å². The minimum Gasteiger partial charge on any atom is -0.497 e. The third-order valence-corrected chi connectivity index (χ3v) is 6.58. The Bertz CT molecular complexity index is 1250. The number of carbonyl (C=O) groups is 1. The van der Waals surface area contributed by atoms with E-state index in [1.165, 1.54) is 17.3 Å². The molecule has 1 aromatic heterocycles. The predicted molar refractivity (Wildman–Crippen MR) is 125 cm³/mol. The number of amides is 1. The van der Waals surface area contributed by atoms with Crippen LogP contribution in [0.4, 0.5) is 5.69 Å². The highest BCUT2D eigenvalue weighted by molar-refractivity contribution is 7.99. The summed E-state index contributed by atoms with van der Waals surface area (Å²) in [6.45, 7) is 2.11. The molecule has 0 unspecified atom stereocenters. The summed E-state index contributed by atoms with van der Waals surface area (Å²) in [5, 5.41) is 0.805. The maximum absolute atomic E-state index is 13.2. The number of anilines is 1. The lowest BCUT2D eigenvalue weighted by Gasteiger charge is -2.22. The van der Waals surface area contributed by atoms with Crippen LogP contribution in [0.5, 0.6) is 5.75 Å². The van der Waals surface area contributed by atoms with Crippen molar-refractivity contribution in [3.63, 3.8) is 0 Å². The molecule has 0 saturated heterocycles. The number of aromatic nitrogens is 2. The van der Waals surface area contributed by atoms with Crippen molar-refractivity contribution in [1.82, 2.24) is 9.55 Å². The largest absolute Gasteiger partial charge is 0.497 e. The molecule has 0 saturated carbocycles. The van der Waals surface area contributed by atoms with Crippen LogP contribution in [-0.2, 0) is 11.2 Å². The van der Waals surface area contributed by atoms with Gasteiger partial charge in [-0.05, 0) is 61.4 Å². The topological polar surface area (TPSA) is 47.4 Å². The zero-order chi connectivity index (χ0) is 21.4. The molecular formula is C25H23N3O2S. The van der Waals surface area contributed by atoms with Gasteiger partial charge in [-0.2, -0.15) is 0 Å². The normalized spacial score (nSPS) is 15.3. The first-order chi connectivity index (χ1) is 15.2. The zero-order valence-corrected chi connectivity index (χ0v) is 18.3. The number of imidazole rings is 1. The molecule has 0 radical (unpaired) electrons. The van der Waals surface area contributed by atoms with Crippen molar-refractivity contribution in [3.8, 4) is 11.4 Å². The highest BCUT2D eigenvalue weighted by atomic mass is 32.2. The lowest BCUT2D eigenvalue weighted by molar-refractivity contribution is -0.116. The summed E-state index contributed by atoms with van der Waals surface area (Å²) in [5.41, 5.74) is 5.18. The minimum absolute atomic E-state index is 0.107. The third-order valence-electron chi connectivity index (χ3n) is 5.66. The summed E-state index contributed by atoms with van der Waals surface area (Å²) in [5.74, 6) is 1.24. The molecule has 0 N–H and O–H groups in total. The molecule has 1 amide bonds. The first kappa shape index (κ1) is 19.7. The summed E-state index contributed by atoms with van der Waals surface area (Å²) in [7, 11) is 1.66. The molecule has 156 valence electrons. The van der Waals surface area contributed by atoms with Gasteiger partial charge < -0.3 is 9.64 Å². The average molecular weight is 430 g/mol. The molecule has 2 heterocycles. The number of ether oxygens (including phenoxy) is 1. The molecule has 1 aliphatic heterocycles. The average Bonchev–Trinajstić information content (AvgIpc) is 3.34. The third kappa shape index (κ3) is 3.57. The number of nitrogens with zero attached hydrogens (tertiary/aromatic N) is 3. The maximum atomic E-state index is 13.2. The van der Waals surface area contributed by atoms with Crippen LogP contribution >= 0.6 is 11.8 Å². The summed E-state index contributed by atoms with van der Waals surface area (Å²) in [4.78, 5) is 19.9. The second-order valence-corrected chi connectivity index (χ2v) is 8.59. The van der Waals surface area contributed by atoms with Crippen LogP contribution in [0.15, 0.2) is 78.0 Å². The monoisotopic (exact) mass is 429 g/mol. The van der Waals surface area contributed by atoms with Crippen LogP contribution < -0.4 is 9.64 Å². The van der Waals surface area contributed by atoms with Gasteiger partial charge in [-0.3, -0.25) is 9.36 Å². The van der Waals surface area contributed by atoms with Crippen molar-refractivity contribution in [3.05, 3.63) is 78.4 Å². The van der Waals surface area contributed by atoms with Gasteiger partial charge in [0.2, 0.25) is 5.91 Å². The molecule has 1 aliphatic rings. The van der Waals surface area contributed by atoms with Crippen molar-refractivity contribution in [2.75, 3.05) is 17.8 Å². The fourth-order valence-electron chi connectivity index (χ4n) is 4.22. The van der Waals surface area contributed by atoms with Gasteiger partial charge in [0, 0.05) is 17.4 Å². The molecule has 0 spiro atoms. The number of benzene rings is 3. The van der Waals surface area contributed by atoms with Gasteiger partial charge in [-0.1, -0.05) is 42.1 Å². The van der Waals surface area contributed by atoms with Crippen molar-refractivity contribution in [2.45, 2.75) is 24.5 Å². The van der Waals surface area contributed by atoms with Crippen LogP contribution in [0.3, 0.4) is 0 Å². The number of rotatable bonds is 5. The number of carbonyl (C=O) groups excluding carboxylic acids is 1. The minimum atomic E-state index is 0.107. The summed E-state index contributed by atoms with van der Waals surface area (Å²) in [6, 6.07) is 24.3. The second-order valence-electron chi connectivity index (χ2n) is 7.65. The SMILES string of the molecule is COc1ccc(-n2c(SCC(=O)N3c4ccccc4C[C@H]3C)nc3ccccc32)cc1. The van der Waals surface area contributed by atoms with E-state index in [1.54, 1.807) is 7.11 Å². The Morgan fingerprint density at radius 3 is 2.61 bits per heavy atom. The van der Waals surface area contributed by atoms with Crippen LogP contribution in [0.1, 0.15) is 12.5 Å². The van der Waals surface area contributed by atoms with E-state index in [1.807, 2.05) is 65.6 Å². The quantitative estimate of drug-likeness (QED) is 0.414. The van der Waals surface area contributed by atoms with E-state index >= 15 is 0 Å². The van der Waals surface area contributed by atoms with E-state index in [4.69, 9.17) is 9.72 Å². The van der Waals surface area contributed by atoms with Gasteiger partial charge >= 0.3 is 0 Å². The Morgan fingerprint density at radius 1 is 1.06 bits per heavy atom. The summed E-state index contributed by atoms with van der Waals surface area (Å²) in [6.07, 6.45) is 0.900. The second kappa shape index (κ2) is 8.12. The van der Waals surface area contributed by atoms with Crippen molar-refractivity contribution >= 4 is 34.4 Å². The Morgan fingerprint density at radius 2 is 1.81 bits per heavy atom. The predicted octanol–water partition coefficient (Wildman–Crippen LogP) is 5.10.